The highest BCUT2D eigenvalue weighted by atomic mass is 19.1. The van der Waals surface area contributed by atoms with E-state index < -0.39 is 0 Å². The number of hydrogen-bond donors (Lipinski definition) is 2. The summed E-state index contributed by atoms with van der Waals surface area (Å²) in [5.74, 6) is 1.21. The van der Waals surface area contributed by atoms with E-state index in [0.29, 0.717) is 19.1 Å². The van der Waals surface area contributed by atoms with Gasteiger partial charge >= 0.3 is 0 Å². The average molecular weight is 397 g/mol. The first-order valence-electron chi connectivity index (χ1n) is 10.2. The predicted molar refractivity (Wildman–Crippen MR) is 114 cm³/mol. The number of para-hydroxylation sites is 1. The van der Waals surface area contributed by atoms with E-state index in [9.17, 15) is 4.39 Å². The number of anilines is 1. The molecule has 0 spiro atoms. The van der Waals surface area contributed by atoms with Crippen molar-refractivity contribution >= 4 is 11.6 Å². The molecule has 2 aliphatic rings. The topological polar surface area (TPSA) is 66.1 Å². The van der Waals surface area contributed by atoms with E-state index in [-0.39, 0.29) is 11.9 Å². The molecule has 2 aliphatic heterocycles. The number of guanidine groups is 1. The van der Waals surface area contributed by atoms with Crippen molar-refractivity contribution in [1.29, 1.82) is 0 Å². The molecule has 0 aliphatic carbocycles. The molecule has 2 heterocycles. The normalized spacial score (nSPS) is 20.1. The molecule has 1 unspecified atom stereocenters. The molecule has 1 fully saturated rings. The zero-order chi connectivity index (χ0) is 20.1. The summed E-state index contributed by atoms with van der Waals surface area (Å²) in [7, 11) is 0. The zero-order valence-electron chi connectivity index (χ0n) is 16.6. The second-order valence-corrected chi connectivity index (χ2v) is 7.44. The number of fused-ring (bicyclic) bond motifs is 1. The van der Waals surface area contributed by atoms with Gasteiger partial charge in [-0.3, -0.25) is 9.89 Å². The Morgan fingerprint density at radius 1 is 1.10 bits per heavy atom. The number of nitrogens with one attached hydrogen (secondary N) is 1. The highest BCUT2D eigenvalue weighted by Crippen LogP contribution is 2.31. The maximum absolute atomic E-state index is 13.1. The largest absolute Gasteiger partial charge is 0.493 e. The third-order valence-corrected chi connectivity index (χ3v) is 5.54. The molecular formula is C22H28FN5O. The van der Waals surface area contributed by atoms with Crippen molar-refractivity contribution in [3.63, 3.8) is 0 Å². The lowest BCUT2D eigenvalue weighted by atomic mass is 10.0. The molecule has 0 radical (unpaired) electrons. The fourth-order valence-electron chi connectivity index (χ4n) is 3.91. The van der Waals surface area contributed by atoms with Crippen LogP contribution < -0.4 is 20.7 Å². The van der Waals surface area contributed by atoms with Crippen molar-refractivity contribution in [2.75, 3.05) is 50.8 Å². The Hall–Kier alpha value is -2.80. The smallest absolute Gasteiger partial charge is 0.189 e. The van der Waals surface area contributed by atoms with Crippen molar-refractivity contribution in [2.24, 2.45) is 10.7 Å². The lowest BCUT2D eigenvalue weighted by Crippen LogP contribution is -2.47. The first-order chi connectivity index (χ1) is 14.2. The van der Waals surface area contributed by atoms with Gasteiger partial charge in [0.2, 0.25) is 0 Å². The molecule has 0 bridgehead atoms. The Kier molecular flexibility index (Phi) is 6.14. The number of nitrogens with two attached hydrogens (primary N) is 1. The second kappa shape index (κ2) is 9.13. The molecule has 0 saturated carbocycles. The molecule has 1 saturated heterocycles. The maximum atomic E-state index is 13.1. The number of benzene rings is 2. The highest BCUT2D eigenvalue weighted by molar-refractivity contribution is 5.78. The minimum atomic E-state index is -0.194. The number of ether oxygens (including phenoxy) is 1. The molecule has 0 amide bonds. The fourth-order valence-corrected chi connectivity index (χ4v) is 3.91. The Balaban J connectivity index is 1.22. The van der Waals surface area contributed by atoms with E-state index in [1.807, 2.05) is 30.3 Å². The van der Waals surface area contributed by atoms with Gasteiger partial charge in [0, 0.05) is 50.4 Å². The van der Waals surface area contributed by atoms with Crippen LogP contribution in [-0.4, -0.2) is 56.7 Å². The van der Waals surface area contributed by atoms with Gasteiger partial charge in [-0.05, 0) is 30.3 Å². The number of rotatable bonds is 5. The lowest BCUT2D eigenvalue weighted by Gasteiger charge is -2.35. The van der Waals surface area contributed by atoms with Gasteiger partial charge in [0.1, 0.15) is 11.6 Å². The van der Waals surface area contributed by atoms with Crippen LogP contribution in [0.3, 0.4) is 0 Å². The third-order valence-electron chi connectivity index (χ3n) is 5.54. The summed E-state index contributed by atoms with van der Waals surface area (Å²) in [5.41, 5.74) is 8.34. The quantitative estimate of drug-likeness (QED) is 0.599. The Labute approximate surface area is 171 Å². The third kappa shape index (κ3) is 4.98. The average Bonchev–Trinajstić information content (AvgIpc) is 2.75. The minimum absolute atomic E-state index is 0.142. The van der Waals surface area contributed by atoms with Crippen LogP contribution in [0.15, 0.2) is 53.5 Å². The van der Waals surface area contributed by atoms with Crippen molar-refractivity contribution in [1.82, 2.24) is 10.2 Å². The van der Waals surface area contributed by atoms with Crippen molar-refractivity contribution in [3.05, 3.63) is 59.9 Å². The molecule has 154 valence electrons. The summed E-state index contributed by atoms with van der Waals surface area (Å²) in [6.07, 6.45) is 0.874. The number of aliphatic imine (C=N–C) groups is 1. The van der Waals surface area contributed by atoms with Crippen molar-refractivity contribution < 1.29 is 9.13 Å². The van der Waals surface area contributed by atoms with E-state index >= 15 is 0 Å². The molecule has 7 heteroatoms. The number of piperazine rings is 1. The number of hydrogen-bond acceptors (Lipinski definition) is 4. The predicted octanol–water partition coefficient (Wildman–Crippen LogP) is 2.38. The fraction of sp³-hybridized carbons (Fsp3) is 0.409. The zero-order valence-corrected chi connectivity index (χ0v) is 16.6. The first kappa shape index (κ1) is 19.5. The van der Waals surface area contributed by atoms with Crippen LogP contribution in [0.1, 0.15) is 18.0 Å². The summed E-state index contributed by atoms with van der Waals surface area (Å²) in [6.45, 7) is 6.02. The minimum Gasteiger partial charge on any atom is -0.493 e. The molecule has 2 aromatic carbocycles. The summed E-state index contributed by atoms with van der Waals surface area (Å²) < 4.78 is 18.8. The van der Waals surface area contributed by atoms with E-state index in [0.717, 1.165) is 56.1 Å². The van der Waals surface area contributed by atoms with Gasteiger partial charge in [-0.15, -0.1) is 0 Å². The van der Waals surface area contributed by atoms with Gasteiger partial charge in [0.25, 0.3) is 0 Å². The maximum Gasteiger partial charge on any atom is 0.189 e. The van der Waals surface area contributed by atoms with Gasteiger partial charge in [-0.1, -0.05) is 18.2 Å². The summed E-state index contributed by atoms with van der Waals surface area (Å²) in [6, 6.07) is 14.9. The van der Waals surface area contributed by atoms with Crippen molar-refractivity contribution in [2.45, 2.75) is 12.5 Å². The van der Waals surface area contributed by atoms with E-state index in [1.54, 1.807) is 0 Å². The van der Waals surface area contributed by atoms with E-state index in [2.05, 4.69) is 26.2 Å². The summed E-state index contributed by atoms with van der Waals surface area (Å²) in [5, 5.41) is 3.34. The van der Waals surface area contributed by atoms with Gasteiger partial charge in [0.15, 0.2) is 5.96 Å². The molecule has 0 aromatic heterocycles. The lowest BCUT2D eigenvalue weighted by molar-refractivity contribution is 0.261. The van der Waals surface area contributed by atoms with Gasteiger partial charge in [-0.2, -0.15) is 0 Å². The van der Waals surface area contributed by atoms with Crippen LogP contribution in [0.4, 0.5) is 10.1 Å². The molecule has 2 aromatic rings. The van der Waals surface area contributed by atoms with Crippen LogP contribution in [0, 0.1) is 5.82 Å². The van der Waals surface area contributed by atoms with E-state index in [1.165, 1.54) is 12.1 Å². The standard InChI is InChI=1S/C22H28FN5O/c23-17-5-7-18(8-6-17)28-14-12-27(13-15-28)11-10-25-22(24)26-20-9-16-29-21-4-2-1-3-19(20)21/h1-8,20H,9-16H2,(H3,24,25,26). The van der Waals surface area contributed by atoms with Crippen LogP contribution in [-0.2, 0) is 0 Å². The molecule has 6 nitrogen and oxygen atoms in total. The summed E-state index contributed by atoms with van der Waals surface area (Å²) in [4.78, 5) is 9.20. The van der Waals surface area contributed by atoms with Gasteiger partial charge in [-0.25, -0.2) is 4.39 Å². The van der Waals surface area contributed by atoms with Crippen LogP contribution in [0.2, 0.25) is 0 Å². The Bertz CT molecular complexity index is 833. The second-order valence-electron chi connectivity index (χ2n) is 7.44. The van der Waals surface area contributed by atoms with Gasteiger partial charge in [0.05, 0.1) is 19.2 Å². The molecule has 1 atom stereocenters. The molecule has 4 rings (SSSR count). The molecule has 3 N–H and O–H groups in total. The number of halogens is 1. The number of nitrogens with zero attached hydrogens (tertiary/aromatic N) is 3. The molecular weight excluding hydrogens is 369 g/mol. The summed E-state index contributed by atoms with van der Waals surface area (Å²) >= 11 is 0. The van der Waals surface area contributed by atoms with E-state index in [4.69, 9.17) is 10.5 Å². The SMILES string of the molecule is NC(=NCCN1CCN(c2ccc(F)cc2)CC1)NC1CCOc2ccccc21. The van der Waals surface area contributed by atoms with Crippen LogP contribution in [0.5, 0.6) is 5.75 Å². The first-order valence-corrected chi connectivity index (χ1v) is 10.2. The van der Waals surface area contributed by atoms with Gasteiger partial charge < -0.3 is 20.7 Å². The monoisotopic (exact) mass is 397 g/mol. The van der Waals surface area contributed by atoms with Crippen LogP contribution in [0.25, 0.3) is 0 Å². The van der Waals surface area contributed by atoms with Crippen LogP contribution >= 0.6 is 0 Å². The molecule has 29 heavy (non-hydrogen) atoms. The Morgan fingerprint density at radius 3 is 2.66 bits per heavy atom. The highest BCUT2D eigenvalue weighted by Gasteiger charge is 2.21. The Morgan fingerprint density at radius 2 is 1.86 bits per heavy atom. The van der Waals surface area contributed by atoms with Crippen molar-refractivity contribution in [3.8, 4) is 5.75 Å².